The highest BCUT2D eigenvalue weighted by atomic mass is 79.9. The average molecular weight is 332 g/mol. The number of benzene rings is 2. The van der Waals surface area contributed by atoms with E-state index in [2.05, 4.69) is 26.2 Å². The maximum absolute atomic E-state index is 13.9. The number of rotatable bonds is 2. The van der Waals surface area contributed by atoms with Gasteiger partial charge in [-0.05, 0) is 52.3 Å². The van der Waals surface area contributed by atoms with Crippen LogP contribution in [0.3, 0.4) is 0 Å². The summed E-state index contributed by atoms with van der Waals surface area (Å²) in [6.07, 6.45) is 1.68. The van der Waals surface area contributed by atoms with Crippen molar-refractivity contribution < 1.29 is 4.39 Å². The normalized spacial score (nSPS) is 10.7. The van der Waals surface area contributed by atoms with Gasteiger partial charge in [0.05, 0.1) is 16.9 Å². The molecule has 0 saturated carbocycles. The van der Waals surface area contributed by atoms with E-state index in [0.717, 1.165) is 5.39 Å². The third-order valence-electron chi connectivity index (χ3n) is 3.03. The van der Waals surface area contributed by atoms with Gasteiger partial charge in [0.15, 0.2) is 0 Å². The van der Waals surface area contributed by atoms with Gasteiger partial charge in [0.25, 0.3) is 0 Å². The van der Waals surface area contributed by atoms with Crippen LogP contribution in [-0.2, 0) is 0 Å². The highest BCUT2D eigenvalue weighted by Gasteiger charge is 2.10. The number of para-hydroxylation sites is 1. The van der Waals surface area contributed by atoms with E-state index in [0.29, 0.717) is 27.1 Å². The second-order valence-electron chi connectivity index (χ2n) is 4.32. The lowest BCUT2D eigenvalue weighted by atomic mass is 10.1. The van der Waals surface area contributed by atoms with Crippen LogP contribution in [-0.4, -0.2) is 4.98 Å². The molecule has 0 aliphatic carbocycles. The van der Waals surface area contributed by atoms with Crippen molar-refractivity contribution in [3.63, 3.8) is 0 Å². The van der Waals surface area contributed by atoms with Gasteiger partial charge in [0, 0.05) is 21.7 Å². The van der Waals surface area contributed by atoms with Crippen molar-refractivity contribution in [3.05, 3.63) is 59.0 Å². The third-order valence-corrected chi connectivity index (χ3v) is 3.69. The molecule has 2 aromatic carbocycles. The zero-order valence-electron chi connectivity index (χ0n) is 10.4. The number of fused-ring (bicyclic) bond motifs is 1. The number of anilines is 3. The molecule has 1 aromatic heterocycles. The second kappa shape index (κ2) is 5.09. The summed E-state index contributed by atoms with van der Waals surface area (Å²) in [5.74, 6) is -0.333. The summed E-state index contributed by atoms with van der Waals surface area (Å²) in [4.78, 5) is 4.32. The van der Waals surface area contributed by atoms with E-state index in [-0.39, 0.29) is 5.82 Å². The quantitative estimate of drug-likeness (QED) is 0.681. The Bertz CT molecular complexity index is 769. The molecular weight excluding hydrogens is 321 g/mol. The molecule has 0 amide bonds. The Balaban J connectivity index is 2.14. The van der Waals surface area contributed by atoms with Gasteiger partial charge >= 0.3 is 0 Å². The van der Waals surface area contributed by atoms with Crippen molar-refractivity contribution in [2.75, 3.05) is 11.1 Å². The highest BCUT2D eigenvalue weighted by Crippen LogP contribution is 2.32. The molecule has 100 valence electrons. The first-order valence-corrected chi connectivity index (χ1v) is 6.80. The Morgan fingerprint density at radius 2 is 1.95 bits per heavy atom. The first kappa shape index (κ1) is 12.9. The van der Waals surface area contributed by atoms with E-state index in [4.69, 9.17) is 5.73 Å². The topological polar surface area (TPSA) is 50.9 Å². The van der Waals surface area contributed by atoms with Crippen LogP contribution in [0.2, 0.25) is 0 Å². The molecule has 0 aliphatic heterocycles. The molecule has 3 N–H and O–H groups in total. The number of nitrogen functional groups attached to an aromatic ring is 1. The van der Waals surface area contributed by atoms with E-state index in [1.165, 1.54) is 6.07 Å². The third kappa shape index (κ3) is 2.20. The summed E-state index contributed by atoms with van der Waals surface area (Å²) in [5.41, 5.74) is 8.37. The van der Waals surface area contributed by atoms with E-state index in [1.54, 1.807) is 30.5 Å². The molecule has 3 rings (SSSR count). The van der Waals surface area contributed by atoms with Gasteiger partial charge in [-0.15, -0.1) is 0 Å². The molecule has 0 spiro atoms. The van der Waals surface area contributed by atoms with Crippen molar-refractivity contribution in [3.8, 4) is 0 Å². The SMILES string of the molecule is Nc1ccc(Nc2c(F)cccc2Br)c2ncccc12. The van der Waals surface area contributed by atoms with E-state index >= 15 is 0 Å². The molecule has 3 nitrogen and oxygen atoms in total. The number of nitrogens with two attached hydrogens (primary N) is 1. The van der Waals surface area contributed by atoms with E-state index in [1.807, 2.05) is 12.1 Å². The maximum Gasteiger partial charge on any atom is 0.147 e. The van der Waals surface area contributed by atoms with Crippen LogP contribution < -0.4 is 11.1 Å². The summed E-state index contributed by atoms with van der Waals surface area (Å²) < 4.78 is 14.5. The van der Waals surface area contributed by atoms with Gasteiger partial charge in [0.2, 0.25) is 0 Å². The number of hydrogen-bond donors (Lipinski definition) is 2. The van der Waals surface area contributed by atoms with Crippen LogP contribution in [0.15, 0.2) is 53.1 Å². The Hall–Kier alpha value is -2.14. The minimum atomic E-state index is -0.333. The summed E-state index contributed by atoms with van der Waals surface area (Å²) in [5, 5.41) is 3.91. The van der Waals surface area contributed by atoms with Gasteiger partial charge in [-0.3, -0.25) is 4.98 Å². The zero-order chi connectivity index (χ0) is 14.1. The number of pyridine rings is 1. The summed E-state index contributed by atoms with van der Waals surface area (Å²) in [7, 11) is 0. The summed E-state index contributed by atoms with van der Waals surface area (Å²) >= 11 is 3.34. The van der Waals surface area contributed by atoms with Crippen molar-refractivity contribution in [2.24, 2.45) is 0 Å². The zero-order valence-corrected chi connectivity index (χ0v) is 12.0. The van der Waals surface area contributed by atoms with Gasteiger partial charge < -0.3 is 11.1 Å². The average Bonchev–Trinajstić information content (AvgIpc) is 2.46. The van der Waals surface area contributed by atoms with Crippen LogP contribution in [0, 0.1) is 5.82 Å². The molecule has 0 fully saturated rings. The largest absolute Gasteiger partial charge is 0.398 e. The second-order valence-corrected chi connectivity index (χ2v) is 5.18. The van der Waals surface area contributed by atoms with Gasteiger partial charge in [0.1, 0.15) is 5.82 Å². The molecule has 0 saturated heterocycles. The minimum absolute atomic E-state index is 0.333. The Kier molecular flexibility index (Phi) is 3.28. The lowest BCUT2D eigenvalue weighted by Gasteiger charge is -2.12. The van der Waals surface area contributed by atoms with Crippen molar-refractivity contribution in [1.29, 1.82) is 0 Å². The number of halogens is 2. The van der Waals surface area contributed by atoms with Gasteiger partial charge in [-0.2, -0.15) is 0 Å². The molecule has 0 bridgehead atoms. The predicted octanol–water partition coefficient (Wildman–Crippen LogP) is 4.46. The first-order chi connectivity index (χ1) is 9.66. The molecule has 3 aromatic rings. The molecule has 0 aliphatic rings. The fourth-order valence-corrected chi connectivity index (χ4v) is 2.49. The van der Waals surface area contributed by atoms with Crippen LogP contribution in [0.1, 0.15) is 0 Å². The van der Waals surface area contributed by atoms with Crippen LogP contribution in [0.4, 0.5) is 21.5 Å². The van der Waals surface area contributed by atoms with Crippen molar-refractivity contribution in [2.45, 2.75) is 0 Å². The molecule has 20 heavy (non-hydrogen) atoms. The summed E-state index contributed by atoms with van der Waals surface area (Å²) in [6.45, 7) is 0. The number of hydrogen-bond acceptors (Lipinski definition) is 3. The smallest absolute Gasteiger partial charge is 0.147 e. The molecule has 1 heterocycles. The Morgan fingerprint density at radius 3 is 2.75 bits per heavy atom. The molecule has 0 atom stereocenters. The maximum atomic E-state index is 13.9. The molecule has 0 radical (unpaired) electrons. The first-order valence-electron chi connectivity index (χ1n) is 6.01. The lowest BCUT2D eigenvalue weighted by Crippen LogP contribution is -1.98. The Labute approximate surface area is 123 Å². The fraction of sp³-hybridized carbons (Fsp3) is 0. The predicted molar refractivity (Wildman–Crippen MR) is 83.5 cm³/mol. The lowest BCUT2D eigenvalue weighted by molar-refractivity contribution is 0.631. The van der Waals surface area contributed by atoms with Crippen LogP contribution >= 0.6 is 15.9 Å². The molecular formula is C15H11BrFN3. The Morgan fingerprint density at radius 1 is 1.10 bits per heavy atom. The van der Waals surface area contributed by atoms with Crippen molar-refractivity contribution >= 4 is 43.9 Å². The summed E-state index contributed by atoms with van der Waals surface area (Å²) in [6, 6.07) is 12.1. The minimum Gasteiger partial charge on any atom is -0.398 e. The number of nitrogens with zero attached hydrogens (tertiary/aromatic N) is 1. The fourth-order valence-electron chi connectivity index (χ4n) is 2.05. The van der Waals surface area contributed by atoms with E-state index in [9.17, 15) is 4.39 Å². The van der Waals surface area contributed by atoms with Gasteiger partial charge in [-0.25, -0.2) is 4.39 Å². The standard InChI is InChI=1S/C15H11BrFN3/c16-10-4-1-5-11(17)15(10)20-13-7-6-12(18)9-3-2-8-19-14(9)13/h1-8,20H,18H2. The number of nitrogens with one attached hydrogen (secondary N) is 1. The van der Waals surface area contributed by atoms with Crippen LogP contribution in [0.25, 0.3) is 10.9 Å². The van der Waals surface area contributed by atoms with Gasteiger partial charge in [-0.1, -0.05) is 6.07 Å². The number of aromatic nitrogens is 1. The molecule has 5 heteroatoms. The molecule has 0 unspecified atom stereocenters. The van der Waals surface area contributed by atoms with Crippen LogP contribution in [0.5, 0.6) is 0 Å². The monoisotopic (exact) mass is 331 g/mol. The highest BCUT2D eigenvalue weighted by molar-refractivity contribution is 9.10. The van der Waals surface area contributed by atoms with E-state index < -0.39 is 0 Å². The van der Waals surface area contributed by atoms with Crippen molar-refractivity contribution in [1.82, 2.24) is 4.98 Å².